The van der Waals surface area contributed by atoms with E-state index in [9.17, 15) is 4.79 Å². The molecule has 1 saturated carbocycles. The summed E-state index contributed by atoms with van der Waals surface area (Å²) in [6.45, 7) is -0.0819. The van der Waals surface area contributed by atoms with E-state index in [0.29, 0.717) is 22.1 Å². The van der Waals surface area contributed by atoms with Crippen LogP contribution in [0.2, 0.25) is 5.02 Å². The Morgan fingerprint density at radius 3 is 3.17 bits per heavy atom. The largest absolute Gasteiger partial charge is 0.385 e. The first-order chi connectivity index (χ1) is 8.72. The minimum absolute atomic E-state index is 0.0819. The van der Waals surface area contributed by atoms with Crippen LogP contribution in [-0.4, -0.2) is 33.7 Å². The van der Waals surface area contributed by atoms with Gasteiger partial charge in [0.05, 0.1) is 0 Å². The van der Waals surface area contributed by atoms with E-state index in [0.717, 1.165) is 12.8 Å². The highest BCUT2D eigenvalue weighted by atomic mass is 35.5. The molecule has 0 saturated heterocycles. The predicted molar refractivity (Wildman–Crippen MR) is 65.1 cm³/mol. The van der Waals surface area contributed by atoms with Crippen molar-refractivity contribution in [3.63, 3.8) is 0 Å². The van der Waals surface area contributed by atoms with Crippen molar-refractivity contribution < 1.29 is 9.63 Å². The Labute approximate surface area is 108 Å². The molecule has 0 spiro atoms. The molecule has 6 nitrogen and oxygen atoms in total. The van der Waals surface area contributed by atoms with Crippen LogP contribution < -0.4 is 10.2 Å². The number of fused-ring (bicyclic) bond motifs is 1. The molecule has 0 aliphatic heterocycles. The molecule has 1 amide bonds. The molecular weight excluding hydrogens is 256 g/mol. The first kappa shape index (κ1) is 11.3. The van der Waals surface area contributed by atoms with Gasteiger partial charge in [0.15, 0.2) is 6.61 Å². The molecule has 18 heavy (non-hydrogen) atoms. The second kappa shape index (κ2) is 4.45. The number of benzene rings is 1. The second-order valence-corrected chi connectivity index (χ2v) is 4.65. The van der Waals surface area contributed by atoms with Crippen LogP contribution in [0.3, 0.4) is 0 Å². The summed E-state index contributed by atoms with van der Waals surface area (Å²) < 4.78 is 0. The van der Waals surface area contributed by atoms with Gasteiger partial charge >= 0.3 is 0 Å². The normalized spacial score (nSPS) is 14.7. The van der Waals surface area contributed by atoms with Gasteiger partial charge in [-0.3, -0.25) is 4.79 Å². The number of carbonyl (C=O) groups excluding carboxylic acids is 1. The van der Waals surface area contributed by atoms with Crippen molar-refractivity contribution in [2.24, 2.45) is 0 Å². The van der Waals surface area contributed by atoms with Crippen LogP contribution in [0.25, 0.3) is 11.0 Å². The number of hydrogen-bond acceptors (Lipinski definition) is 4. The smallest absolute Gasteiger partial charge is 0.260 e. The molecule has 1 heterocycles. The third kappa shape index (κ3) is 2.38. The zero-order chi connectivity index (χ0) is 12.5. The Morgan fingerprint density at radius 1 is 1.56 bits per heavy atom. The predicted octanol–water partition coefficient (Wildman–Crippen LogP) is 0.792. The Hall–Kier alpha value is -1.82. The highest BCUT2D eigenvalue weighted by Crippen LogP contribution is 2.18. The molecule has 2 aromatic rings. The summed E-state index contributed by atoms with van der Waals surface area (Å²) in [7, 11) is 0. The van der Waals surface area contributed by atoms with Crippen LogP contribution in [0.1, 0.15) is 12.8 Å². The Balaban J connectivity index is 1.69. The van der Waals surface area contributed by atoms with E-state index in [1.54, 1.807) is 18.2 Å². The molecule has 0 unspecified atom stereocenters. The highest BCUT2D eigenvalue weighted by Gasteiger charge is 2.23. The highest BCUT2D eigenvalue weighted by molar-refractivity contribution is 6.31. The van der Waals surface area contributed by atoms with Crippen molar-refractivity contribution >= 4 is 28.5 Å². The number of rotatable bonds is 4. The van der Waals surface area contributed by atoms with Crippen LogP contribution in [0.4, 0.5) is 0 Å². The summed E-state index contributed by atoms with van der Waals surface area (Å²) in [6, 6.07) is 5.48. The molecule has 1 aliphatic rings. The summed E-state index contributed by atoms with van der Waals surface area (Å²) in [4.78, 5) is 18.0. The number of aromatic nitrogens is 3. The van der Waals surface area contributed by atoms with Gasteiger partial charge in [-0.15, -0.1) is 5.10 Å². The fourth-order valence-electron chi connectivity index (χ4n) is 1.58. The van der Waals surface area contributed by atoms with Gasteiger partial charge in [0, 0.05) is 11.1 Å². The number of halogens is 1. The van der Waals surface area contributed by atoms with Crippen molar-refractivity contribution in [1.29, 1.82) is 0 Å². The first-order valence-electron chi connectivity index (χ1n) is 5.66. The number of nitrogens with one attached hydrogen (secondary N) is 1. The maximum absolute atomic E-state index is 11.5. The number of carbonyl (C=O) groups is 1. The van der Waals surface area contributed by atoms with E-state index in [-0.39, 0.29) is 12.5 Å². The molecule has 0 radical (unpaired) electrons. The minimum atomic E-state index is -0.150. The van der Waals surface area contributed by atoms with E-state index in [2.05, 4.69) is 15.6 Å². The van der Waals surface area contributed by atoms with E-state index in [4.69, 9.17) is 16.4 Å². The van der Waals surface area contributed by atoms with Crippen molar-refractivity contribution in [3.8, 4) is 0 Å². The SMILES string of the molecule is O=C(COn1nnc2ccc(Cl)cc21)NC1CC1. The zero-order valence-electron chi connectivity index (χ0n) is 9.47. The monoisotopic (exact) mass is 266 g/mol. The van der Waals surface area contributed by atoms with E-state index in [1.165, 1.54) is 4.85 Å². The zero-order valence-corrected chi connectivity index (χ0v) is 10.2. The van der Waals surface area contributed by atoms with Crippen LogP contribution in [0.15, 0.2) is 18.2 Å². The number of hydrogen-bond donors (Lipinski definition) is 1. The fraction of sp³-hybridized carbons (Fsp3) is 0.364. The van der Waals surface area contributed by atoms with Crippen LogP contribution in [-0.2, 0) is 4.79 Å². The minimum Gasteiger partial charge on any atom is -0.385 e. The lowest BCUT2D eigenvalue weighted by molar-refractivity contribution is -0.126. The van der Waals surface area contributed by atoms with E-state index >= 15 is 0 Å². The second-order valence-electron chi connectivity index (χ2n) is 4.21. The molecule has 1 aromatic carbocycles. The van der Waals surface area contributed by atoms with Crippen molar-refractivity contribution in [3.05, 3.63) is 23.2 Å². The summed E-state index contributed by atoms with van der Waals surface area (Å²) in [5.74, 6) is -0.150. The van der Waals surface area contributed by atoms with Gasteiger partial charge in [-0.05, 0) is 36.3 Å². The summed E-state index contributed by atoms with van der Waals surface area (Å²) >= 11 is 5.88. The van der Waals surface area contributed by atoms with Gasteiger partial charge in [0.1, 0.15) is 11.0 Å². The van der Waals surface area contributed by atoms with Gasteiger partial charge in [-0.2, -0.15) is 0 Å². The number of nitrogens with zero attached hydrogens (tertiary/aromatic N) is 3. The average Bonchev–Trinajstić information content (AvgIpc) is 3.06. The van der Waals surface area contributed by atoms with Crippen LogP contribution in [0, 0.1) is 0 Å². The van der Waals surface area contributed by atoms with E-state index < -0.39 is 0 Å². The lowest BCUT2D eigenvalue weighted by Crippen LogP contribution is -2.33. The topological polar surface area (TPSA) is 69.0 Å². The molecule has 0 atom stereocenters. The fourth-order valence-corrected chi connectivity index (χ4v) is 1.75. The molecule has 1 aliphatic carbocycles. The summed E-state index contributed by atoms with van der Waals surface area (Å²) in [5.41, 5.74) is 1.31. The molecule has 1 aromatic heterocycles. The lowest BCUT2D eigenvalue weighted by atomic mass is 10.3. The van der Waals surface area contributed by atoms with Gasteiger partial charge in [-0.1, -0.05) is 16.4 Å². The molecule has 1 fully saturated rings. The first-order valence-corrected chi connectivity index (χ1v) is 6.04. The van der Waals surface area contributed by atoms with Gasteiger partial charge in [-0.25, -0.2) is 0 Å². The summed E-state index contributed by atoms with van der Waals surface area (Å²) in [5, 5.41) is 11.1. The molecular formula is C11H11ClN4O2. The Morgan fingerprint density at radius 2 is 2.39 bits per heavy atom. The van der Waals surface area contributed by atoms with Crippen molar-refractivity contribution in [1.82, 2.24) is 20.5 Å². The third-order valence-corrected chi connectivity index (χ3v) is 2.87. The maximum Gasteiger partial charge on any atom is 0.260 e. The number of amides is 1. The van der Waals surface area contributed by atoms with Gasteiger partial charge < -0.3 is 10.2 Å². The Bertz CT molecular complexity index is 594. The molecule has 3 rings (SSSR count). The van der Waals surface area contributed by atoms with Gasteiger partial charge in [0.2, 0.25) is 0 Å². The van der Waals surface area contributed by atoms with Crippen LogP contribution in [0.5, 0.6) is 0 Å². The van der Waals surface area contributed by atoms with E-state index in [1.807, 2.05) is 0 Å². The Kier molecular flexibility index (Phi) is 2.79. The molecule has 1 N–H and O–H groups in total. The quantitative estimate of drug-likeness (QED) is 0.888. The molecule has 94 valence electrons. The lowest BCUT2D eigenvalue weighted by Gasteiger charge is -2.05. The molecule has 0 bridgehead atoms. The van der Waals surface area contributed by atoms with Gasteiger partial charge in [0.25, 0.3) is 5.91 Å². The van der Waals surface area contributed by atoms with Crippen molar-refractivity contribution in [2.45, 2.75) is 18.9 Å². The third-order valence-electron chi connectivity index (χ3n) is 2.64. The van der Waals surface area contributed by atoms with Crippen LogP contribution >= 0.6 is 11.6 Å². The molecule has 7 heteroatoms. The standard InChI is InChI=1S/C11H11ClN4O2/c12-7-1-4-9-10(5-7)16(15-14-9)18-6-11(17)13-8-2-3-8/h1,4-5,8H,2-3,6H2,(H,13,17). The maximum atomic E-state index is 11.5. The van der Waals surface area contributed by atoms with Crippen molar-refractivity contribution in [2.75, 3.05) is 6.61 Å². The summed E-state index contributed by atoms with van der Waals surface area (Å²) in [6.07, 6.45) is 2.10. The average molecular weight is 267 g/mol.